The summed E-state index contributed by atoms with van der Waals surface area (Å²) in [7, 11) is 0. The molecule has 3 aliphatic rings. The number of hydrogen-bond donors (Lipinski definition) is 0. The largest absolute Gasteiger partial charge is 0.550 e. The minimum absolute atomic E-state index is 0.0924. The van der Waals surface area contributed by atoms with E-state index < -0.39 is 11.9 Å². The summed E-state index contributed by atoms with van der Waals surface area (Å²) in [5.74, 6) is -1.47. The van der Waals surface area contributed by atoms with E-state index in [4.69, 9.17) is 0 Å². The molecule has 6 rings (SSSR count). The standard InChI is InChI=1S/C28H28N2O3/c1-17-20-9-4-6-18-7-5-10-22(26(18)20)27(17)29-14-12-19(13-15-29)30-24-11-3-2-8-21(24)23(28(30)33)16-25(31)32/h2-11,17,19,23,27H,12-16H2,1H3,(H,31,32)/p-1/t17-,23?,27-/m1/s1. The monoisotopic (exact) mass is 439 g/mol. The van der Waals surface area contributed by atoms with Gasteiger partial charge in [-0.3, -0.25) is 9.69 Å². The van der Waals surface area contributed by atoms with Crippen LogP contribution in [-0.2, 0) is 9.59 Å². The van der Waals surface area contributed by atoms with Crippen LogP contribution in [0.5, 0.6) is 0 Å². The average molecular weight is 440 g/mol. The molecule has 5 heteroatoms. The van der Waals surface area contributed by atoms with E-state index in [1.807, 2.05) is 29.2 Å². The Balaban J connectivity index is 1.24. The highest BCUT2D eigenvalue weighted by Crippen LogP contribution is 2.49. The Morgan fingerprint density at radius 3 is 2.33 bits per heavy atom. The lowest BCUT2D eigenvalue weighted by molar-refractivity contribution is -0.306. The lowest BCUT2D eigenvalue weighted by Crippen LogP contribution is -2.48. The fourth-order valence-corrected chi connectivity index (χ4v) is 6.56. The number of anilines is 1. The third-order valence-electron chi connectivity index (χ3n) is 7.99. The van der Waals surface area contributed by atoms with Gasteiger partial charge in [-0.25, -0.2) is 0 Å². The summed E-state index contributed by atoms with van der Waals surface area (Å²) in [6.45, 7) is 4.17. The van der Waals surface area contributed by atoms with Gasteiger partial charge in [-0.05, 0) is 46.4 Å². The molecule has 3 atom stereocenters. The number of benzene rings is 3. The van der Waals surface area contributed by atoms with Crippen molar-refractivity contribution in [2.75, 3.05) is 18.0 Å². The van der Waals surface area contributed by atoms with Crippen LogP contribution in [0.3, 0.4) is 0 Å². The molecule has 33 heavy (non-hydrogen) atoms. The van der Waals surface area contributed by atoms with Gasteiger partial charge in [0.25, 0.3) is 0 Å². The van der Waals surface area contributed by atoms with Gasteiger partial charge in [0, 0.05) is 49.2 Å². The maximum Gasteiger partial charge on any atom is 0.235 e. The van der Waals surface area contributed by atoms with Crippen LogP contribution in [0, 0.1) is 0 Å². The summed E-state index contributed by atoms with van der Waals surface area (Å²) in [6, 6.07) is 21.3. The number of carbonyl (C=O) groups excluding carboxylic acids is 2. The van der Waals surface area contributed by atoms with Gasteiger partial charge in [0.1, 0.15) is 0 Å². The zero-order valence-electron chi connectivity index (χ0n) is 18.7. The molecule has 2 aliphatic heterocycles. The van der Waals surface area contributed by atoms with Crippen molar-refractivity contribution in [3.8, 4) is 0 Å². The second-order valence-corrected chi connectivity index (χ2v) is 9.69. The summed E-state index contributed by atoms with van der Waals surface area (Å²) in [4.78, 5) is 29.0. The first-order valence-corrected chi connectivity index (χ1v) is 11.9. The molecule has 0 bridgehead atoms. The Hall–Kier alpha value is -3.18. The molecule has 3 aromatic rings. The van der Waals surface area contributed by atoms with Crippen molar-refractivity contribution < 1.29 is 14.7 Å². The van der Waals surface area contributed by atoms with Crippen molar-refractivity contribution in [2.24, 2.45) is 0 Å². The van der Waals surface area contributed by atoms with Gasteiger partial charge in [-0.15, -0.1) is 0 Å². The molecule has 0 aromatic heterocycles. The van der Waals surface area contributed by atoms with Crippen LogP contribution < -0.4 is 10.0 Å². The second-order valence-electron chi connectivity index (χ2n) is 9.69. The molecule has 0 spiro atoms. The Morgan fingerprint density at radius 1 is 0.939 bits per heavy atom. The van der Waals surface area contributed by atoms with Gasteiger partial charge < -0.3 is 14.8 Å². The van der Waals surface area contributed by atoms with E-state index >= 15 is 0 Å². The first-order valence-electron chi connectivity index (χ1n) is 11.9. The molecule has 1 amide bonds. The number of hydrogen-bond acceptors (Lipinski definition) is 4. The minimum Gasteiger partial charge on any atom is -0.550 e. The van der Waals surface area contributed by atoms with Gasteiger partial charge in [-0.1, -0.05) is 61.5 Å². The fraction of sp³-hybridized carbons (Fsp3) is 0.357. The highest BCUT2D eigenvalue weighted by molar-refractivity contribution is 6.06. The first kappa shape index (κ1) is 20.4. The van der Waals surface area contributed by atoms with Gasteiger partial charge >= 0.3 is 0 Å². The van der Waals surface area contributed by atoms with Crippen LogP contribution in [0.4, 0.5) is 5.69 Å². The number of fused-ring (bicyclic) bond motifs is 1. The van der Waals surface area contributed by atoms with Gasteiger partial charge in [0.15, 0.2) is 0 Å². The highest BCUT2D eigenvalue weighted by atomic mass is 16.4. The third kappa shape index (κ3) is 3.10. The van der Waals surface area contributed by atoms with Crippen LogP contribution in [0.2, 0.25) is 0 Å². The molecule has 1 saturated heterocycles. The molecule has 0 saturated carbocycles. The number of para-hydroxylation sites is 1. The van der Waals surface area contributed by atoms with E-state index in [1.165, 1.54) is 21.9 Å². The van der Waals surface area contributed by atoms with E-state index in [0.29, 0.717) is 12.0 Å². The number of likely N-dealkylation sites (tertiary alicyclic amines) is 1. The number of carboxylic acid groups (broad SMARTS) is 1. The normalized spacial score (nSPS) is 25.1. The molecule has 1 fully saturated rings. The maximum absolute atomic E-state index is 13.3. The molecule has 5 nitrogen and oxygen atoms in total. The van der Waals surface area contributed by atoms with Crippen molar-refractivity contribution in [3.05, 3.63) is 77.4 Å². The van der Waals surface area contributed by atoms with Crippen LogP contribution in [0.1, 0.15) is 60.8 Å². The van der Waals surface area contributed by atoms with E-state index in [-0.39, 0.29) is 18.4 Å². The summed E-state index contributed by atoms with van der Waals surface area (Å²) in [6.07, 6.45) is 1.51. The quantitative estimate of drug-likeness (QED) is 0.621. The lowest BCUT2D eigenvalue weighted by Gasteiger charge is -2.41. The van der Waals surface area contributed by atoms with Crippen molar-refractivity contribution in [2.45, 2.75) is 50.1 Å². The van der Waals surface area contributed by atoms with E-state index in [0.717, 1.165) is 37.2 Å². The van der Waals surface area contributed by atoms with Crippen LogP contribution in [0.15, 0.2) is 60.7 Å². The second kappa shape index (κ2) is 7.70. The van der Waals surface area contributed by atoms with Crippen molar-refractivity contribution in [1.29, 1.82) is 0 Å². The maximum atomic E-state index is 13.3. The summed E-state index contributed by atoms with van der Waals surface area (Å²) < 4.78 is 0. The molecule has 3 aromatic carbocycles. The summed E-state index contributed by atoms with van der Waals surface area (Å²) in [5, 5.41) is 14.0. The van der Waals surface area contributed by atoms with Gasteiger partial charge in [0.05, 0.1) is 5.92 Å². The Kier molecular flexibility index (Phi) is 4.77. The van der Waals surface area contributed by atoms with Gasteiger partial charge in [-0.2, -0.15) is 0 Å². The van der Waals surface area contributed by atoms with Crippen molar-refractivity contribution in [1.82, 2.24) is 4.90 Å². The Morgan fingerprint density at radius 2 is 1.61 bits per heavy atom. The summed E-state index contributed by atoms with van der Waals surface area (Å²) in [5.41, 5.74) is 4.55. The molecule has 2 heterocycles. The smallest absolute Gasteiger partial charge is 0.235 e. The number of carbonyl (C=O) groups is 2. The topological polar surface area (TPSA) is 63.7 Å². The van der Waals surface area contributed by atoms with Gasteiger partial charge in [0.2, 0.25) is 5.91 Å². The number of aliphatic carboxylic acids is 1. The lowest BCUT2D eigenvalue weighted by atomic mass is 9.93. The van der Waals surface area contributed by atoms with Crippen LogP contribution >= 0.6 is 0 Å². The number of nitrogens with zero attached hydrogens (tertiary/aromatic N) is 2. The zero-order chi connectivity index (χ0) is 22.7. The predicted molar refractivity (Wildman–Crippen MR) is 126 cm³/mol. The van der Waals surface area contributed by atoms with Crippen LogP contribution in [-0.4, -0.2) is 35.9 Å². The van der Waals surface area contributed by atoms with E-state index in [9.17, 15) is 14.7 Å². The van der Waals surface area contributed by atoms with Crippen LogP contribution in [0.25, 0.3) is 10.8 Å². The number of carboxylic acids is 1. The molecule has 1 unspecified atom stereocenters. The van der Waals surface area contributed by atoms with E-state index in [2.05, 4.69) is 48.2 Å². The highest BCUT2D eigenvalue weighted by Gasteiger charge is 2.43. The first-order chi connectivity index (χ1) is 16.0. The van der Waals surface area contributed by atoms with Crippen molar-refractivity contribution in [3.63, 3.8) is 0 Å². The molecule has 0 N–H and O–H groups in total. The molecule has 1 aliphatic carbocycles. The molecular formula is C28H27N2O3-. The predicted octanol–water partition coefficient (Wildman–Crippen LogP) is 3.73. The fourth-order valence-electron chi connectivity index (χ4n) is 6.56. The number of piperidine rings is 1. The van der Waals surface area contributed by atoms with Crippen molar-refractivity contribution >= 4 is 28.3 Å². The zero-order valence-corrected chi connectivity index (χ0v) is 18.7. The van der Waals surface area contributed by atoms with E-state index in [1.54, 1.807) is 0 Å². The SMILES string of the molecule is C[C@@H]1c2cccc3cccc(c23)[C@@H]1N1CCC(N2C(=O)C(CC(=O)[O-])c3ccccc32)CC1. The third-order valence-corrected chi connectivity index (χ3v) is 7.99. The minimum atomic E-state index is -1.18. The summed E-state index contributed by atoms with van der Waals surface area (Å²) >= 11 is 0. The molecule has 0 radical (unpaired) electrons. The molecular weight excluding hydrogens is 412 g/mol. The Labute approximate surface area is 193 Å². The Bertz CT molecular complexity index is 1260. The number of rotatable bonds is 4. The molecule has 168 valence electrons. The average Bonchev–Trinajstić information content (AvgIpc) is 3.27. The number of amides is 1.